The third kappa shape index (κ3) is 3.14. The number of aryl methyl sites for hydroxylation is 1. The van der Waals surface area contributed by atoms with Crippen LogP contribution in [0.4, 0.5) is 0 Å². The zero-order chi connectivity index (χ0) is 15.7. The van der Waals surface area contributed by atoms with E-state index < -0.39 is 0 Å². The maximum atomic E-state index is 12.5. The summed E-state index contributed by atoms with van der Waals surface area (Å²) in [7, 11) is 2.11. The Kier molecular flexibility index (Phi) is 4.70. The maximum Gasteiger partial charge on any atom is 0.229 e. The van der Waals surface area contributed by atoms with Gasteiger partial charge in [0.1, 0.15) is 0 Å². The summed E-state index contributed by atoms with van der Waals surface area (Å²) in [5.41, 5.74) is 1.60. The van der Waals surface area contributed by atoms with Crippen molar-refractivity contribution in [3.8, 4) is 0 Å². The average Bonchev–Trinajstić information content (AvgIpc) is 2.84. The van der Waals surface area contributed by atoms with Crippen molar-refractivity contribution in [2.24, 2.45) is 0 Å². The third-order valence-corrected chi connectivity index (χ3v) is 5.04. The molecule has 122 valence electrons. The van der Waals surface area contributed by atoms with Crippen LogP contribution in [0.1, 0.15) is 24.1 Å². The first kappa shape index (κ1) is 15.8. The Bertz CT molecular complexity index is 529. The van der Waals surface area contributed by atoms with Crippen molar-refractivity contribution in [1.29, 1.82) is 0 Å². The topological polar surface area (TPSA) is 58.8 Å². The molecule has 3 rings (SSSR count). The van der Waals surface area contributed by atoms with Crippen molar-refractivity contribution in [2.45, 2.75) is 38.3 Å². The molecule has 7 heteroatoms. The second-order valence-corrected chi connectivity index (χ2v) is 6.45. The first-order valence-electron chi connectivity index (χ1n) is 7.76. The minimum atomic E-state index is 0.161. The van der Waals surface area contributed by atoms with Gasteiger partial charge in [0, 0.05) is 31.6 Å². The number of fused-ring (bicyclic) bond motifs is 1. The predicted octanol–water partition coefficient (Wildman–Crippen LogP) is 1.50. The molecule has 6 nitrogen and oxygen atoms in total. The molecule has 2 aliphatic rings. The second kappa shape index (κ2) is 6.56. The van der Waals surface area contributed by atoms with Gasteiger partial charge in [0.15, 0.2) is 0 Å². The summed E-state index contributed by atoms with van der Waals surface area (Å²) in [5, 5.41) is 4.11. The molecule has 2 atom stereocenters. The van der Waals surface area contributed by atoms with Gasteiger partial charge in [0.05, 0.1) is 24.4 Å². The van der Waals surface area contributed by atoms with Crippen molar-refractivity contribution in [2.75, 3.05) is 33.3 Å². The molecule has 2 saturated heterocycles. The highest BCUT2D eigenvalue weighted by molar-refractivity contribution is 6.29. The highest BCUT2D eigenvalue weighted by Crippen LogP contribution is 2.24. The first-order chi connectivity index (χ1) is 10.6. The van der Waals surface area contributed by atoms with E-state index in [-0.39, 0.29) is 12.0 Å². The van der Waals surface area contributed by atoms with Crippen LogP contribution in [0.15, 0.2) is 4.52 Å². The summed E-state index contributed by atoms with van der Waals surface area (Å²) in [6.45, 7) is 5.07. The lowest BCUT2D eigenvalue weighted by Crippen LogP contribution is -2.59. The molecule has 2 fully saturated rings. The van der Waals surface area contributed by atoms with E-state index in [1.165, 1.54) is 0 Å². The van der Waals surface area contributed by atoms with Crippen molar-refractivity contribution in [3.63, 3.8) is 0 Å². The lowest BCUT2D eigenvalue weighted by molar-refractivity contribution is -0.141. The molecule has 22 heavy (non-hydrogen) atoms. The van der Waals surface area contributed by atoms with Crippen LogP contribution in [0.2, 0.25) is 5.22 Å². The van der Waals surface area contributed by atoms with Gasteiger partial charge in [0.25, 0.3) is 0 Å². The van der Waals surface area contributed by atoms with Gasteiger partial charge in [-0.2, -0.15) is 0 Å². The van der Waals surface area contributed by atoms with Crippen molar-refractivity contribution in [3.05, 3.63) is 16.5 Å². The lowest BCUT2D eigenvalue weighted by Gasteiger charge is -2.45. The number of ether oxygens (including phenoxy) is 1. The van der Waals surface area contributed by atoms with E-state index >= 15 is 0 Å². The van der Waals surface area contributed by atoms with E-state index in [4.69, 9.17) is 20.9 Å². The van der Waals surface area contributed by atoms with Gasteiger partial charge in [-0.1, -0.05) is 5.16 Å². The first-order valence-corrected chi connectivity index (χ1v) is 8.14. The number of likely N-dealkylation sites (N-methyl/N-ethyl adjacent to an activating group) is 1. The van der Waals surface area contributed by atoms with Crippen LogP contribution >= 0.6 is 11.6 Å². The minimum Gasteiger partial charge on any atom is -0.375 e. The van der Waals surface area contributed by atoms with Gasteiger partial charge in [-0.25, -0.2) is 0 Å². The van der Waals surface area contributed by atoms with Gasteiger partial charge in [-0.3, -0.25) is 9.69 Å². The van der Waals surface area contributed by atoms with Crippen LogP contribution in [-0.2, 0) is 16.0 Å². The van der Waals surface area contributed by atoms with E-state index in [0.717, 1.165) is 43.9 Å². The van der Waals surface area contributed by atoms with Crippen molar-refractivity contribution >= 4 is 17.5 Å². The number of amides is 1. The summed E-state index contributed by atoms with van der Waals surface area (Å²) in [6.07, 6.45) is 2.18. The molecule has 0 spiro atoms. The molecule has 1 aromatic heterocycles. The normalized spacial score (nSPS) is 26.0. The second-order valence-electron chi connectivity index (χ2n) is 6.11. The maximum absolute atomic E-state index is 12.5. The summed E-state index contributed by atoms with van der Waals surface area (Å²) >= 11 is 5.95. The fraction of sp³-hybridized carbons (Fsp3) is 0.733. The smallest absolute Gasteiger partial charge is 0.229 e. The van der Waals surface area contributed by atoms with Crippen LogP contribution in [0.3, 0.4) is 0 Å². The van der Waals surface area contributed by atoms with Crippen LogP contribution in [0.25, 0.3) is 0 Å². The molecule has 1 amide bonds. The average molecular weight is 328 g/mol. The van der Waals surface area contributed by atoms with Crippen LogP contribution in [0, 0.1) is 6.92 Å². The standard InChI is InChI=1S/C15H22ClN3O3/c1-10-11(15(16)22-17-10)3-4-14(20)19-6-5-13-12(9-19)18(2)7-8-21-13/h12-13H,3-9H2,1-2H3. The quantitative estimate of drug-likeness (QED) is 0.842. The number of aromatic nitrogens is 1. The molecule has 0 aromatic carbocycles. The SMILES string of the molecule is Cc1noc(Cl)c1CCC(=O)N1CCC2OCCN(C)C2C1. The predicted molar refractivity (Wildman–Crippen MR) is 81.9 cm³/mol. The third-order valence-electron chi connectivity index (χ3n) is 4.74. The Labute approximate surface area is 135 Å². The van der Waals surface area contributed by atoms with Crippen molar-refractivity contribution in [1.82, 2.24) is 15.0 Å². The number of halogens is 1. The van der Waals surface area contributed by atoms with Crippen LogP contribution in [-0.4, -0.2) is 66.3 Å². The van der Waals surface area contributed by atoms with E-state index in [1.807, 2.05) is 11.8 Å². The summed E-state index contributed by atoms with van der Waals surface area (Å²) in [4.78, 5) is 16.7. The summed E-state index contributed by atoms with van der Waals surface area (Å²) in [6, 6.07) is 0.312. The zero-order valence-electron chi connectivity index (χ0n) is 13.0. The molecule has 1 aromatic rings. The number of carbonyl (C=O) groups excluding carboxylic acids is 1. The molecule has 0 radical (unpaired) electrons. The largest absolute Gasteiger partial charge is 0.375 e. The molecule has 2 aliphatic heterocycles. The number of hydrogen-bond donors (Lipinski definition) is 0. The van der Waals surface area contributed by atoms with Gasteiger partial charge >= 0.3 is 0 Å². The number of rotatable bonds is 3. The number of nitrogens with zero attached hydrogens (tertiary/aromatic N) is 3. The molecular formula is C15H22ClN3O3. The van der Waals surface area contributed by atoms with Gasteiger partial charge in [0.2, 0.25) is 11.1 Å². The molecule has 3 heterocycles. The Morgan fingerprint density at radius 3 is 3.00 bits per heavy atom. The molecule has 0 N–H and O–H groups in total. The van der Waals surface area contributed by atoms with E-state index in [0.29, 0.717) is 24.1 Å². The fourth-order valence-electron chi connectivity index (χ4n) is 3.30. The highest BCUT2D eigenvalue weighted by Gasteiger charge is 2.36. The number of likely N-dealkylation sites (tertiary alicyclic amines) is 1. The Morgan fingerprint density at radius 1 is 1.45 bits per heavy atom. The van der Waals surface area contributed by atoms with E-state index in [2.05, 4.69) is 17.1 Å². The zero-order valence-corrected chi connectivity index (χ0v) is 13.8. The Balaban J connectivity index is 1.56. The van der Waals surface area contributed by atoms with Crippen LogP contribution < -0.4 is 0 Å². The molecule has 0 bridgehead atoms. The highest BCUT2D eigenvalue weighted by atomic mass is 35.5. The molecular weight excluding hydrogens is 306 g/mol. The summed E-state index contributed by atoms with van der Waals surface area (Å²) < 4.78 is 10.7. The number of carbonyl (C=O) groups is 1. The summed E-state index contributed by atoms with van der Waals surface area (Å²) in [5.74, 6) is 0.161. The van der Waals surface area contributed by atoms with E-state index in [1.54, 1.807) is 0 Å². The number of hydrogen-bond acceptors (Lipinski definition) is 5. The number of piperidine rings is 1. The van der Waals surface area contributed by atoms with Crippen molar-refractivity contribution < 1.29 is 14.1 Å². The van der Waals surface area contributed by atoms with E-state index in [9.17, 15) is 4.79 Å². The minimum absolute atomic E-state index is 0.161. The molecule has 0 aliphatic carbocycles. The molecule has 0 saturated carbocycles. The lowest BCUT2D eigenvalue weighted by atomic mass is 9.98. The Morgan fingerprint density at radius 2 is 2.27 bits per heavy atom. The Hall–Kier alpha value is -1.11. The number of morpholine rings is 1. The van der Waals surface area contributed by atoms with Gasteiger partial charge in [-0.05, 0) is 38.4 Å². The van der Waals surface area contributed by atoms with Crippen LogP contribution in [0.5, 0.6) is 0 Å². The van der Waals surface area contributed by atoms with Gasteiger partial charge in [-0.15, -0.1) is 0 Å². The molecule has 2 unspecified atom stereocenters. The van der Waals surface area contributed by atoms with Gasteiger partial charge < -0.3 is 14.2 Å². The monoisotopic (exact) mass is 327 g/mol. The fourth-order valence-corrected chi connectivity index (χ4v) is 3.56.